The van der Waals surface area contributed by atoms with Gasteiger partial charge in [-0.05, 0) is 25.0 Å². The van der Waals surface area contributed by atoms with E-state index in [1.54, 1.807) is 22.8 Å². The van der Waals surface area contributed by atoms with E-state index in [2.05, 4.69) is 5.10 Å². The molecule has 3 rings (SSSR count). The number of nitrogens with zero attached hydrogens (tertiary/aromatic N) is 3. The van der Waals surface area contributed by atoms with Crippen LogP contribution in [0.4, 0.5) is 0 Å². The van der Waals surface area contributed by atoms with E-state index in [1.165, 1.54) is 0 Å². The van der Waals surface area contributed by atoms with Crippen LogP contribution in [0.1, 0.15) is 37.3 Å². The van der Waals surface area contributed by atoms with Crippen molar-refractivity contribution >= 4 is 23.6 Å². The van der Waals surface area contributed by atoms with Gasteiger partial charge in [0, 0.05) is 38.0 Å². The highest BCUT2D eigenvalue weighted by Crippen LogP contribution is 2.37. The number of hydrogen-bond acceptors (Lipinski definition) is 5. The van der Waals surface area contributed by atoms with Gasteiger partial charge < -0.3 is 9.64 Å². The van der Waals surface area contributed by atoms with E-state index >= 15 is 0 Å². The summed E-state index contributed by atoms with van der Waals surface area (Å²) in [6, 6.07) is -0.284. The van der Waals surface area contributed by atoms with Gasteiger partial charge in [-0.3, -0.25) is 14.3 Å². The first kappa shape index (κ1) is 16.4. The lowest BCUT2D eigenvalue weighted by Crippen LogP contribution is -2.44. The molecule has 0 aromatic carbocycles. The van der Waals surface area contributed by atoms with Crippen molar-refractivity contribution in [3.05, 3.63) is 18.0 Å². The zero-order valence-electron chi connectivity index (χ0n) is 13.6. The van der Waals surface area contributed by atoms with Crippen LogP contribution in [-0.2, 0) is 21.4 Å². The molecule has 2 saturated heterocycles. The van der Waals surface area contributed by atoms with Gasteiger partial charge in [0.05, 0.1) is 18.2 Å². The molecule has 0 radical (unpaired) electrons. The molecule has 0 spiro atoms. The monoisotopic (exact) mass is 337 g/mol. The molecule has 3 atom stereocenters. The van der Waals surface area contributed by atoms with Crippen molar-refractivity contribution in [3.8, 4) is 0 Å². The molecule has 7 heteroatoms. The summed E-state index contributed by atoms with van der Waals surface area (Å²) in [6.45, 7) is 0. The fourth-order valence-electron chi connectivity index (χ4n) is 3.39. The molecule has 1 aromatic heterocycles. The van der Waals surface area contributed by atoms with E-state index in [4.69, 9.17) is 4.74 Å². The Labute approximate surface area is 140 Å². The Morgan fingerprint density at radius 1 is 1.39 bits per heavy atom. The van der Waals surface area contributed by atoms with Gasteiger partial charge in [-0.15, -0.1) is 0 Å². The molecule has 0 unspecified atom stereocenters. The topological polar surface area (TPSA) is 64.4 Å². The van der Waals surface area contributed by atoms with Gasteiger partial charge in [0.15, 0.2) is 0 Å². The normalized spacial score (nSPS) is 28.7. The smallest absolute Gasteiger partial charge is 0.311 e. The highest BCUT2D eigenvalue weighted by atomic mass is 32.2. The lowest BCUT2D eigenvalue weighted by atomic mass is 9.86. The van der Waals surface area contributed by atoms with Gasteiger partial charge in [-0.1, -0.05) is 0 Å². The maximum Gasteiger partial charge on any atom is 0.311 e. The molecular weight excluding hydrogens is 314 g/mol. The lowest BCUT2D eigenvalue weighted by molar-refractivity contribution is -0.160. The molecule has 2 aliphatic rings. The zero-order valence-corrected chi connectivity index (χ0v) is 14.4. The van der Waals surface area contributed by atoms with E-state index in [-0.39, 0.29) is 29.9 Å². The molecule has 2 aliphatic heterocycles. The molecule has 0 aliphatic carbocycles. The van der Waals surface area contributed by atoms with Crippen LogP contribution >= 0.6 is 11.8 Å². The Morgan fingerprint density at radius 3 is 2.87 bits per heavy atom. The number of esters is 1. The third-order valence-electron chi connectivity index (χ3n) is 4.63. The Morgan fingerprint density at radius 2 is 2.22 bits per heavy atom. The van der Waals surface area contributed by atoms with Crippen molar-refractivity contribution in [1.82, 2.24) is 14.7 Å². The summed E-state index contributed by atoms with van der Waals surface area (Å²) in [5.74, 6) is 1.60. The van der Waals surface area contributed by atoms with Crippen molar-refractivity contribution < 1.29 is 14.3 Å². The van der Waals surface area contributed by atoms with Gasteiger partial charge >= 0.3 is 5.97 Å². The molecule has 6 nitrogen and oxygen atoms in total. The first-order valence-electron chi connectivity index (χ1n) is 8.08. The van der Waals surface area contributed by atoms with Crippen LogP contribution in [0, 0.1) is 5.92 Å². The van der Waals surface area contributed by atoms with E-state index in [9.17, 15) is 9.59 Å². The van der Waals surface area contributed by atoms with Crippen molar-refractivity contribution in [2.24, 2.45) is 13.0 Å². The summed E-state index contributed by atoms with van der Waals surface area (Å²) >= 11 is 1.84. The lowest BCUT2D eigenvalue weighted by Gasteiger charge is -2.38. The largest absolute Gasteiger partial charge is 0.461 e. The van der Waals surface area contributed by atoms with Crippen molar-refractivity contribution in [2.45, 2.75) is 37.8 Å². The zero-order chi connectivity index (χ0) is 16.4. The molecule has 2 fully saturated rings. The fraction of sp³-hybridized carbons (Fsp3) is 0.688. The first-order valence-corrected chi connectivity index (χ1v) is 9.24. The van der Waals surface area contributed by atoms with Gasteiger partial charge in [0.2, 0.25) is 5.91 Å². The van der Waals surface area contributed by atoms with E-state index < -0.39 is 0 Å². The number of rotatable bonds is 3. The standard InChI is InChI=1S/C16H23N3O3S/c1-18-9-11(8-17-18)15-13(5-6-14(20)19(15)2)16(21)22-12-4-3-7-23-10-12/h8-9,12-13,15H,3-7,10H2,1-2H3/t12-,13-,15-/m0/s1. The van der Waals surface area contributed by atoms with Crippen LogP contribution in [0.25, 0.3) is 0 Å². The molecule has 1 aromatic rings. The van der Waals surface area contributed by atoms with Crippen LogP contribution < -0.4 is 0 Å². The van der Waals surface area contributed by atoms with Crippen LogP contribution in [0.3, 0.4) is 0 Å². The Balaban J connectivity index is 1.77. The Hall–Kier alpha value is -1.50. The van der Waals surface area contributed by atoms with Crippen molar-refractivity contribution in [1.29, 1.82) is 0 Å². The third kappa shape index (κ3) is 3.54. The molecule has 0 saturated carbocycles. The van der Waals surface area contributed by atoms with E-state index in [1.807, 2.05) is 25.0 Å². The first-order chi connectivity index (χ1) is 11.1. The highest BCUT2D eigenvalue weighted by Gasteiger charge is 2.41. The SMILES string of the molecule is CN1C(=O)CC[C@H](C(=O)O[C@H]2CCCSC2)[C@@H]1c1cnn(C)c1. The predicted octanol–water partition coefficient (Wildman–Crippen LogP) is 1.77. The summed E-state index contributed by atoms with van der Waals surface area (Å²) in [7, 11) is 3.59. The number of amides is 1. The molecule has 23 heavy (non-hydrogen) atoms. The second-order valence-electron chi connectivity index (χ2n) is 6.32. The van der Waals surface area contributed by atoms with Gasteiger partial charge in [-0.25, -0.2) is 0 Å². The number of aromatic nitrogens is 2. The quantitative estimate of drug-likeness (QED) is 0.787. The van der Waals surface area contributed by atoms with E-state index in [0.29, 0.717) is 12.8 Å². The molecule has 3 heterocycles. The van der Waals surface area contributed by atoms with Crippen molar-refractivity contribution in [2.75, 3.05) is 18.6 Å². The Kier molecular flexibility index (Phi) is 4.94. The summed E-state index contributed by atoms with van der Waals surface area (Å²) in [5.41, 5.74) is 0.892. The molecular formula is C16H23N3O3S. The predicted molar refractivity (Wildman–Crippen MR) is 87.9 cm³/mol. The van der Waals surface area contributed by atoms with Gasteiger partial charge in [-0.2, -0.15) is 16.9 Å². The van der Waals surface area contributed by atoms with Crippen LogP contribution in [0.5, 0.6) is 0 Å². The molecule has 1 amide bonds. The van der Waals surface area contributed by atoms with Gasteiger partial charge in [0.1, 0.15) is 6.10 Å². The second kappa shape index (κ2) is 6.95. The number of ether oxygens (including phenoxy) is 1. The number of piperidine rings is 1. The van der Waals surface area contributed by atoms with Crippen molar-refractivity contribution in [3.63, 3.8) is 0 Å². The highest BCUT2D eigenvalue weighted by molar-refractivity contribution is 7.99. The number of thioether (sulfide) groups is 1. The average molecular weight is 337 g/mol. The average Bonchev–Trinajstić information content (AvgIpc) is 2.96. The summed E-state index contributed by atoms with van der Waals surface area (Å²) in [4.78, 5) is 26.5. The second-order valence-corrected chi connectivity index (χ2v) is 7.47. The molecule has 0 N–H and O–H groups in total. The minimum atomic E-state index is -0.311. The molecule has 126 valence electrons. The van der Waals surface area contributed by atoms with Crippen LogP contribution in [-0.4, -0.2) is 51.2 Å². The number of likely N-dealkylation sites (tertiary alicyclic amines) is 1. The number of carbonyl (C=O) groups is 2. The number of hydrogen-bond donors (Lipinski definition) is 0. The number of carbonyl (C=O) groups excluding carboxylic acids is 2. The summed E-state index contributed by atoms with van der Waals surface area (Å²) in [5, 5.41) is 4.18. The number of aryl methyl sites for hydroxylation is 1. The van der Waals surface area contributed by atoms with E-state index in [0.717, 1.165) is 29.9 Å². The van der Waals surface area contributed by atoms with Crippen LogP contribution in [0.2, 0.25) is 0 Å². The minimum absolute atomic E-state index is 0.0127. The van der Waals surface area contributed by atoms with Gasteiger partial charge in [0.25, 0.3) is 0 Å². The minimum Gasteiger partial charge on any atom is -0.461 e. The third-order valence-corrected chi connectivity index (χ3v) is 5.82. The summed E-state index contributed by atoms with van der Waals surface area (Å²) < 4.78 is 7.44. The summed E-state index contributed by atoms with van der Waals surface area (Å²) in [6.07, 6.45) is 6.59. The van der Waals surface area contributed by atoms with Crippen LogP contribution in [0.15, 0.2) is 12.4 Å². The maximum absolute atomic E-state index is 12.7. The molecule has 0 bridgehead atoms. The maximum atomic E-state index is 12.7. The fourth-order valence-corrected chi connectivity index (χ4v) is 4.42. The Bertz CT molecular complexity index is 583.